The van der Waals surface area contributed by atoms with E-state index in [4.69, 9.17) is 23.7 Å². The van der Waals surface area contributed by atoms with E-state index >= 15 is 0 Å². The van der Waals surface area contributed by atoms with Gasteiger partial charge in [0.15, 0.2) is 6.10 Å². The van der Waals surface area contributed by atoms with Crippen molar-refractivity contribution in [2.24, 2.45) is 0 Å². The largest absolute Gasteiger partial charge is 0.459 e. The second-order valence-electron chi connectivity index (χ2n) is 9.87. The lowest BCUT2D eigenvalue weighted by Gasteiger charge is -2.33. The third-order valence-electron chi connectivity index (χ3n) is 6.85. The van der Waals surface area contributed by atoms with E-state index < -0.39 is 54.6 Å². The van der Waals surface area contributed by atoms with Crippen LogP contribution in [-0.2, 0) is 23.7 Å². The van der Waals surface area contributed by atoms with Crippen molar-refractivity contribution in [3.8, 4) is 0 Å². The molecule has 0 amide bonds. The molecule has 0 saturated carbocycles. The van der Waals surface area contributed by atoms with Crippen molar-refractivity contribution in [2.45, 2.75) is 31.0 Å². The molecule has 0 bridgehead atoms. The Morgan fingerprint density at radius 1 is 0.581 bits per heavy atom. The molecule has 0 aromatic heterocycles. The summed E-state index contributed by atoms with van der Waals surface area (Å²) in [5.74, 6) is -2.92. The maximum Gasteiger partial charge on any atom is 0.340 e. The molecule has 218 valence electrons. The van der Waals surface area contributed by atoms with Crippen LogP contribution < -0.4 is 0 Å². The number of ether oxygens (including phenoxy) is 5. The molecule has 9 heteroatoms. The molecular weight excluding hydrogens is 552 g/mol. The third-order valence-corrected chi connectivity index (χ3v) is 6.85. The van der Waals surface area contributed by atoms with Crippen LogP contribution in [0.2, 0.25) is 0 Å². The summed E-state index contributed by atoms with van der Waals surface area (Å²) in [5, 5.41) is 0. The van der Waals surface area contributed by atoms with Crippen LogP contribution in [0.4, 0.5) is 0 Å². The smallest absolute Gasteiger partial charge is 0.340 e. The number of benzene rings is 4. The fourth-order valence-electron chi connectivity index (χ4n) is 4.58. The summed E-state index contributed by atoms with van der Waals surface area (Å²) in [4.78, 5) is 52.5. The number of rotatable bonds is 9. The lowest BCUT2D eigenvalue weighted by molar-refractivity contribution is -0.175. The Balaban J connectivity index is 1.48. The summed E-state index contributed by atoms with van der Waals surface area (Å²) < 4.78 is 29.1. The van der Waals surface area contributed by atoms with E-state index in [-0.39, 0.29) is 16.7 Å². The molecule has 43 heavy (non-hydrogen) atoms. The zero-order valence-corrected chi connectivity index (χ0v) is 23.2. The molecule has 1 aliphatic rings. The van der Waals surface area contributed by atoms with Gasteiger partial charge in [-0.15, -0.1) is 0 Å². The molecule has 5 rings (SSSR count). The first-order valence-corrected chi connectivity index (χ1v) is 13.5. The van der Waals surface area contributed by atoms with E-state index in [2.05, 4.69) is 0 Å². The minimum Gasteiger partial charge on any atom is -0.459 e. The number of hydrogen-bond donors (Lipinski definition) is 0. The molecule has 1 aliphatic heterocycles. The van der Waals surface area contributed by atoms with Gasteiger partial charge in [0.1, 0.15) is 12.7 Å². The van der Waals surface area contributed by atoms with Crippen molar-refractivity contribution >= 4 is 23.9 Å². The highest BCUT2D eigenvalue weighted by Gasteiger charge is 2.61. The van der Waals surface area contributed by atoms with E-state index in [9.17, 15) is 19.2 Å². The molecule has 0 aliphatic carbocycles. The lowest BCUT2D eigenvalue weighted by atomic mass is 9.96. The first kappa shape index (κ1) is 29.2. The number of esters is 4. The summed E-state index contributed by atoms with van der Waals surface area (Å²) in [6.45, 7) is 1.04. The SMILES string of the molecule is C[C@@]1(OC(=O)c2ccccc2)[C@@H](OC(=O)c2ccccc2)O[C@H](COC(=O)c2ccccc2)[C@@H]1OC(=O)c1ccccc1. The first-order valence-electron chi connectivity index (χ1n) is 13.5. The van der Waals surface area contributed by atoms with Crippen LogP contribution in [0, 0.1) is 0 Å². The van der Waals surface area contributed by atoms with Crippen molar-refractivity contribution in [3.63, 3.8) is 0 Å². The predicted molar refractivity (Wildman–Crippen MR) is 153 cm³/mol. The third kappa shape index (κ3) is 6.79. The predicted octanol–water partition coefficient (Wildman–Crippen LogP) is 5.27. The topological polar surface area (TPSA) is 114 Å². The van der Waals surface area contributed by atoms with Crippen molar-refractivity contribution in [2.75, 3.05) is 6.61 Å². The Bertz CT molecular complexity index is 1560. The Labute approximate surface area is 247 Å². The minimum atomic E-state index is -1.86. The van der Waals surface area contributed by atoms with Gasteiger partial charge >= 0.3 is 23.9 Å². The summed E-state index contributed by atoms with van der Waals surface area (Å²) in [6.07, 6.45) is -4.07. The van der Waals surface area contributed by atoms with Gasteiger partial charge < -0.3 is 23.7 Å². The highest BCUT2D eigenvalue weighted by atomic mass is 16.8. The monoisotopic (exact) mass is 580 g/mol. The Morgan fingerprint density at radius 3 is 1.44 bits per heavy atom. The molecule has 0 radical (unpaired) electrons. The van der Waals surface area contributed by atoms with Gasteiger partial charge in [-0.2, -0.15) is 0 Å². The quantitative estimate of drug-likeness (QED) is 0.193. The average molecular weight is 581 g/mol. The molecule has 4 aromatic carbocycles. The van der Waals surface area contributed by atoms with Crippen LogP contribution in [0.1, 0.15) is 48.4 Å². The Kier molecular flexibility index (Phi) is 8.93. The second kappa shape index (κ2) is 13.1. The van der Waals surface area contributed by atoms with Crippen molar-refractivity contribution in [3.05, 3.63) is 144 Å². The van der Waals surface area contributed by atoms with Gasteiger partial charge in [0, 0.05) is 0 Å². The molecular formula is C34H28O9. The zero-order valence-electron chi connectivity index (χ0n) is 23.2. The molecule has 0 unspecified atom stereocenters. The summed E-state index contributed by atoms with van der Waals surface area (Å²) in [5.41, 5.74) is -0.901. The molecule has 4 atom stereocenters. The van der Waals surface area contributed by atoms with Gasteiger partial charge in [-0.3, -0.25) is 0 Å². The van der Waals surface area contributed by atoms with Gasteiger partial charge in [0.2, 0.25) is 11.9 Å². The van der Waals surface area contributed by atoms with E-state index in [1.807, 2.05) is 0 Å². The van der Waals surface area contributed by atoms with Gasteiger partial charge in [-0.05, 0) is 55.5 Å². The highest BCUT2D eigenvalue weighted by Crippen LogP contribution is 2.39. The normalized spacial score (nSPS) is 20.9. The highest BCUT2D eigenvalue weighted by molar-refractivity contribution is 5.91. The fraction of sp³-hybridized carbons (Fsp3) is 0.176. The first-order chi connectivity index (χ1) is 20.8. The molecule has 1 fully saturated rings. The molecule has 0 spiro atoms. The van der Waals surface area contributed by atoms with Crippen molar-refractivity contribution < 1.29 is 42.9 Å². The van der Waals surface area contributed by atoms with Gasteiger partial charge in [0.25, 0.3) is 0 Å². The maximum absolute atomic E-state index is 13.3. The van der Waals surface area contributed by atoms with Gasteiger partial charge in [-0.1, -0.05) is 72.8 Å². The summed E-state index contributed by atoms with van der Waals surface area (Å²) in [7, 11) is 0. The van der Waals surface area contributed by atoms with Crippen LogP contribution in [-0.4, -0.2) is 54.6 Å². The van der Waals surface area contributed by atoms with Crippen molar-refractivity contribution in [1.82, 2.24) is 0 Å². The van der Waals surface area contributed by atoms with Crippen LogP contribution in [0.3, 0.4) is 0 Å². The van der Waals surface area contributed by atoms with E-state index in [1.165, 1.54) is 6.92 Å². The molecule has 0 N–H and O–H groups in total. The maximum atomic E-state index is 13.3. The van der Waals surface area contributed by atoms with Crippen LogP contribution >= 0.6 is 0 Å². The van der Waals surface area contributed by atoms with Gasteiger partial charge in [-0.25, -0.2) is 19.2 Å². The van der Waals surface area contributed by atoms with Crippen LogP contribution in [0.25, 0.3) is 0 Å². The van der Waals surface area contributed by atoms with Crippen LogP contribution in [0.5, 0.6) is 0 Å². The molecule has 1 saturated heterocycles. The van der Waals surface area contributed by atoms with E-state index in [1.54, 1.807) is 121 Å². The summed E-state index contributed by atoms with van der Waals surface area (Å²) >= 11 is 0. The van der Waals surface area contributed by atoms with Crippen molar-refractivity contribution in [1.29, 1.82) is 0 Å². The average Bonchev–Trinajstić information content (AvgIpc) is 3.30. The number of hydrogen-bond acceptors (Lipinski definition) is 9. The molecule has 1 heterocycles. The Morgan fingerprint density at radius 2 is 0.977 bits per heavy atom. The van der Waals surface area contributed by atoms with Crippen LogP contribution in [0.15, 0.2) is 121 Å². The molecule has 9 nitrogen and oxygen atoms in total. The number of carbonyl (C=O) groups excluding carboxylic acids is 4. The van der Waals surface area contributed by atoms with E-state index in [0.717, 1.165) is 0 Å². The molecule has 4 aromatic rings. The van der Waals surface area contributed by atoms with E-state index in [0.29, 0.717) is 5.56 Å². The minimum absolute atomic E-state index is 0.212. The number of carbonyl (C=O) groups is 4. The second-order valence-corrected chi connectivity index (χ2v) is 9.87. The standard InChI is InChI=1S/C34H28O9/c1-34(43-32(38)26-20-12-5-13-21-26)28(41-30(36)24-16-8-3-9-17-24)27(22-39-29(35)23-14-6-2-7-15-23)40-33(34)42-31(37)25-18-10-4-11-19-25/h2-21,27-28,33H,22H2,1H3/t27-,28+,33-,34+/m1/s1. The van der Waals surface area contributed by atoms with Gasteiger partial charge in [0.05, 0.1) is 22.3 Å². The zero-order chi connectivity index (χ0) is 30.2. The lowest BCUT2D eigenvalue weighted by Crippen LogP contribution is -2.53. The Hall–Kier alpha value is -5.28. The fourth-order valence-corrected chi connectivity index (χ4v) is 4.58. The summed E-state index contributed by atoms with van der Waals surface area (Å²) in [6, 6.07) is 32.8.